The molecule has 0 spiro atoms. The molecular formula is C60H58Cl4F6N8O14S4. The zero-order valence-corrected chi connectivity index (χ0v) is 56.6. The summed E-state index contributed by atoms with van der Waals surface area (Å²) in [5, 5.41) is 5.17. The Morgan fingerprint density at radius 3 is 1.14 bits per heavy atom. The molecule has 4 heterocycles. The molecule has 22 nitrogen and oxygen atoms in total. The van der Waals surface area contributed by atoms with Gasteiger partial charge in [-0.25, -0.2) is 20.0 Å². The van der Waals surface area contributed by atoms with Crippen LogP contribution in [0.15, 0.2) is 131 Å². The molecule has 2 fully saturated rings. The van der Waals surface area contributed by atoms with Gasteiger partial charge in [0.1, 0.15) is 32.9 Å². The fourth-order valence-corrected chi connectivity index (χ4v) is 14.4. The molecule has 2 saturated heterocycles. The predicted molar refractivity (Wildman–Crippen MR) is 347 cm³/mol. The van der Waals surface area contributed by atoms with E-state index in [1.165, 1.54) is 72.8 Å². The van der Waals surface area contributed by atoms with Gasteiger partial charge in [0, 0.05) is 69.5 Å². The average molecular weight is 1500 g/mol. The summed E-state index contributed by atoms with van der Waals surface area (Å²) in [5.41, 5.74) is 9.05. The van der Waals surface area contributed by atoms with E-state index < -0.39 is 98.8 Å². The highest BCUT2D eigenvalue weighted by molar-refractivity contribution is 7.87. The zero-order valence-electron chi connectivity index (χ0n) is 50.3. The number of fused-ring (bicyclic) bond motifs is 1. The van der Waals surface area contributed by atoms with Crippen LogP contribution in [-0.4, -0.2) is 134 Å². The van der Waals surface area contributed by atoms with Gasteiger partial charge in [0.05, 0.1) is 45.8 Å². The summed E-state index contributed by atoms with van der Waals surface area (Å²) in [6, 6.07) is 28.4. The van der Waals surface area contributed by atoms with Crippen molar-refractivity contribution >= 4 is 109 Å². The van der Waals surface area contributed by atoms with Crippen molar-refractivity contribution in [2.75, 3.05) is 37.7 Å². The number of hydrogen-bond acceptors (Lipinski definition) is 16. The molecule has 0 bridgehead atoms. The summed E-state index contributed by atoms with van der Waals surface area (Å²) in [6.07, 6.45) is -6.21. The number of amides is 2. The zero-order chi connectivity index (χ0) is 70.3. The standard InChI is InChI=1S/2C25H25Cl2F3N4O4S.C10H8O6S2/c2*1-16-22(24(35)32-33-12-3-2-4-13-33)31-23(20-10-5-17(26)15-21(20)27)34(16)18-6-8-19(9-7-18)38-39(36,37)14-11-25(28,29)30;11-17(12,13)9-5-1-3-7-8(9)4-2-6-10(7)18(14,15)16/h2*5-10,15H,2-4,11-14H2,1H3,(H,32,35);1-6H,(H,11,12,13)(H,14,15,16). The third-order valence-electron chi connectivity index (χ3n) is 14.5. The second-order valence-electron chi connectivity index (χ2n) is 21.6. The second kappa shape index (κ2) is 30.8. The molecule has 0 unspecified atom stereocenters. The lowest BCUT2D eigenvalue weighted by Crippen LogP contribution is -2.45. The van der Waals surface area contributed by atoms with Crippen molar-refractivity contribution < 1.29 is 87.1 Å². The van der Waals surface area contributed by atoms with Crippen LogP contribution in [0.2, 0.25) is 20.1 Å². The van der Waals surface area contributed by atoms with Crippen LogP contribution in [0.1, 0.15) is 83.7 Å². The Labute approximate surface area is 567 Å². The fourth-order valence-electron chi connectivity index (χ4n) is 10.0. The molecule has 8 aromatic rings. The number of hydrogen-bond donors (Lipinski definition) is 4. The summed E-state index contributed by atoms with van der Waals surface area (Å²) in [5.74, 6) is -2.83. The summed E-state index contributed by atoms with van der Waals surface area (Å²) in [7, 11) is -17.9. The van der Waals surface area contributed by atoms with Crippen molar-refractivity contribution in [1.29, 1.82) is 0 Å². The van der Waals surface area contributed by atoms with Crippen molar-refractivity contribution in [1.82, 2.24) is 40.0 Å². The van der Waals surface area contributed by atoms with Gasteiger partial charge in [0.25, 0.3) is 32.1 Å². The van der Waals surface area contributed by atoms with Gasteiger partial charge in [0.15, 0.2) is 11.4 Å². The minimum atomic E-state index is -4.63. The van der Waals surface area contributed by atoms with Crippen molar-refractivity contribution in [3.05, 3.63) is 164 Å². The van der Waals surface area contributed by atoms with E-state index in [1.54, 1.807) is 59.4 Å². The van der Waals surface area contributed by atoms with E-state index in [4.69, 9.17) is 63.9 Å². The van der Waals surface area contributed by atoms with Crippen molar-refractivity contribution in [2.45, 2.75) is 87.4 Å². The molecule has 36 heteroatoms. The van der Waals surface area contributed by atoms with Gasteiger partial charge in [-0.2, -0.15) is 60.0 Å². The number of benzene rings is 6. The van der Waals surface area contributed by atoms with E-state index in [9.17, 15) is 69.6 Å². The minimum Gasteiger partial charge on any atom is -0.382 e. The van der Waals surface area contributed by atoms with Crippen LogP contribution < -0.4 is 19.2 Å². The van der Waals surface area contributed by atoms with Gasteiger partial charge in [0.2, 0.25) is 0 Å². The van der Waals surface area contributed by atoms with Gasteiger partial charge in [-0.1, -0.05) is 83.5 Å². The van der Waals surface area contributed by atoms with E-state index in [-0.39, 0.29) is 33.7 Å². The number of alkyl halides is 6. The lowest BCUT2D eigenvalue weighted by atomic mass is 10.1. The van der Waals surface area contributed by atoms with Crippen molar-refractivity contribution in [2.24, 2.45) is 0 Å². The summed E-state index contributed by atoms with van der Waals surface area (Å²) in [6.45, 7) is 6.34. The maximum Gasteiger partial charge on any atom is 0.390 e. The van der Waals surface area contributed by atoms with E-state index in [0.29, 0.717) is 65.6 Å². The number of rotatable bonds is 18. The minimum absolute atomic E-state index is 0.0233. The Balaban J connectivity index is 0.000000197. The number of carbonyl (C=O) groups is 2. The fraction of sp³-hybridized carbons (Fsp3) is 0.300. The quantitative estimate of drug-likeness (QED) is 0.0352. The number of aromatic nitrogens is 4. The largest absolute Gasteiger partial charge is 0.390 e. The topological polar surface area (TPSA) is 296 Å². The molecule has 2 amide bonds. The SMILES string of the molecule is Cc1c(C(=O)NN2CCCCC2)nc(-c2ccc(Cl)cc2Cl)n1-c1ccc(OS(=O)(=O)CCC(F)(F)F)cc1.Cc1c(C(=O)NN2CCCCC2)nc(-c2ccc(Cl)cc2Cl)n1-c1ccc(OS(=O)(=O)CCC(F)(F)F)cc1.O=S(=O)(O)c1cccc2c(S(=O)(=O)O)cccc12. The number of hydrazine groups is 2. The monoisotopic (exact) mass is 1500 g/mol. The van der Waals surface area contributed by atoms with Crippen LogP contribution >= 0.6 is 46.4 Å². The van der Waals surface area contributed by atoms with Crippen LogP contribution in [0.5, 0.6) is 11.5 Å². The molecule has 0 saturated carbocycles. The third kappa shape index (κ3) is 20.0. The van der Waals surface area contributed by atoms with Crippen molar-refractivity contribution in [3.8, 4) is 45.6 Å². The van der Waals surface area contributed by atoms with E-state index >= 15 is 0 Å². The number of carbonyl (C=O) groups excluding carboxylic acids is 2. The Bertz CT molecular complexity index is 4360. The maximum absolute atomic E-state index is 13.2. The molecule has 0 radical (unpaired) electrons. The number of nitrogens with one attached hydrogen (secondary N) is 2. The molecule has 10 rings (SSSR count). The van der Waals surface area contributed by atoms with Gasteiger partial charge in [-0.3, -0.25) is 38.7 Å². The van der Waals surface area contributed by atoms with Gasteiger partial charge in [-0.05, 0) is 137 Å². The molecule has 4 N–H and O–H groups in total. The third-order valence-corrected chi connectivity index (χ3v) is 19.7. The maximum atomic E-state index is 13.2. The summed E-state index contributed by atoms with van der Waals surface area (Å²) >= 11 is 25.1. The molecule has 6 aromatic carbocycles. The van der Waals surface area contributed by atoms with Crippen LogP contribution in [0.3, 0.4) is 0 Å². The van der Waals surface area contributed by atoms with Crippen LogP contribution in [0.25, 0.3) is 44.9 Å². The second-order valence-corrected chi connectivity index (χ2v) is 29.4. The molecule has 516 valence electrons. The van der Waals surface area contributed by atoms with Gasteiger partial charge >= 0.3 is 32.6 Å². The lowest BCUT2D eigenvalue weighted by Gasteiger charge is -2.26. The molecule has 2 aromatic heterocycles. The highest BCUT2D eigenvalue weighted by atomic mass is 35.5. The van der Waals surface area contributed by atoms with Crippen LogP contribution in [0.4, 0.5) is 26.3 Å². The predicted octanol–water partition coefficient (Wildman–Crippen LogP) is 13.2. The summed E-state index contributed by atoms with van der Waals surface area (Å²) in [4.78, 5) is 34.8. The molecule has 2 aliphatic heterocycles. The molecule has 96 heavy (non-hydrogen) atoms. The first kappa shape index (κ1) is 74.7. The number of halogens is 10. The van der Waals surface area contributed by atoms with E-state index in [0.717, 1.165) is 76.8 Å². The number of imidazole rings is 2. The smallest absolute Gasteiger partial charge is 0.382 e. The Morgan fingerprint density at radius 1 is 0.500 bits per heavy atom. The molecular weight excluding hydrogens is 1440 g/mol. The van der Waals surface area contributed by atoms with Gasteiger partial charge in [-0.15, -0.1) is 0 Å². The highest BCUT2D eigenvalue weighted by Gasteiger charge is 2.33. The average Bonchev–Trinajstić information content (AvgIpc) is 1.46. The van der Waals surface area contributed by atoms with Crippen LogP contribution in [0, 0.1) is 13.8 Å². The Kier molecular flexibility index (Phi) is 23.9. The normalized spacial score (nSPS) is 14.4. The van der Waals surface area contributed by atoms with Crippen LogP contribution in [-0.2, 0) is 40.5 Å². The first-order valence-corrected chi connectivity index (χ1v) is 36.3. The van der Waals surface area contributed by atoms with E-state index in [1.807, 2.05) is 10.0 Å². The Morgan fingerprint density at radius 2 is 0.833 bits per heavy atom. The molecule has 2 aliphatic rings. The molecule has 0 atom stereocenters. The Hall–Kier alpha value is -7.08. The van der Waals surface area contributed by atoms with Crippen molar-refractivity contribution in [3.63, 3.8) is 0 Å². The summed E-state index contributed by atoms with van der Waals surface area (Å²) < 4.78 is 198. The first-order chi connectivity index (χ1) is 44.9. The first-order valence-electron chi connectivity index (χ1n) is 28.7. The number of piperidine rings is 2. The van der Waals surface area contributed by atoms with E-state index in [2.05, 4.69) is 20.8 Å². The van der Waals surface area contributed by atoms with Gasteiger partial charge < -0.3 is 8.37 Å². The molecule has 0 aliphatic carbocycles. The lowest BCUT2D eigenvalue weighted by molar-refractivity contribution is -0.130. The highest BCUT2D eigenvalue weighted by Crippen LogP contribution is 2.37. The number of nitrogens with zero attached hydrogens (tertiary/aromatic N) is 6.